The van der Waals surface area contributed by atoms with Gasteiger partial charge in [0.2, 0.25) is 0 Å². The summed E-state index contributed by atoms with van der Waals surface area (Å²) in [6.07, 6.45) is 3.58. The van der Waals surface area contributed by atoms with Crippen LogP contribution in [0, 0.1) is 17.0 Å². The average molecular weight is 428 g/mol. The second-order valence-corrected chi connectivity index (χ2v) is 7.76. The van der Waals surface area contributed by atoms with Crippen molar-refractivity contribution in [2.75, 3.05) is 13.2 Å². The van der Waals surface area contributed by atoms with Gasteiger partial charge in [-0.15, -0.1) is 0 Å². The SMILES string of the molecule is Cc1ccc(C=CCCNC(=O)OCC2c3ccccc3-c3ccccc32)c([N+](=O)[O-])c1. The number of nitro benzene ring substituents is 1. The van der Waals surface area contributed by atoms with Gasteiger partial charge in [-0.25, -0.2) is 4.79 Å². The van der Waals surface area contributed by atoms with Crippen LogP contribution >= 0.6 is 0 Å². The number of nitrogens with one attached hydrogen (secondary N) is 1. The number of ether oxygens (including phenoxy) is 1. The molecule has 0 saturated carbocycles. The maximum atomic E-state index is 12.2. The Labute approximate surface area is 186 Å². The van der Waals surface area contributed by atoms with Gasteiger partial charge in [-0.05, 0) is 47.2 Å². The van der Waals surface area contributed by atoms with Crippen LogP contribution in [0.3, 0.4) is 0 Å². The quantitative estimate of drug-likeness (QED) is 0.291. The molecule has 3 aromatic rings. The second-order valence-electron chi connectivity index (χ2n) is 7.76. The van der Waals surface area contributed by atoms with Crippen molar-refractivity contribution in [2.45, 2.75) is 19.3 Å². The molecule has 6 heteroatoms. The first kappa shape index (κ1) is 21.3. The minimum atomic E-state index is -0.471. The summed E-state index contributed by atoms with van der Waals surface area (Å²) in [7, 11) is 0. The number of carbonyl (C=O) groups is 1. The Hall–Kier alpha value is -3.93. The Kier molecular flexibility index (Phi) is 6.31. The number of nitro groups is 1. The molecule has 0 spiro atoms. The molecule has 0 heterocycles. The smallest absolute Gasteiger partial charge is 0.407 e. The molecule has 1 aliphatic carbocycles. The van der Waals surface area contributed by atoms with Crippen LogP contribution in [0.1, 0.15) is 34.6 Å². The Morgan fingerprint density at radius 2 is 1.72 bits per heavy atom. The topological polar surface area (TPSA) is 81.5 Å². The standard InChI is InChI=1S/C26H24N2O4/c1-18-13-14-19(25(16-18)28(30)31)8-6-7-15-27-26(29)32-17-24-22-11-4-2-9-20(22)21-10-3-5-12-23(21)24/h2-6,8-14,16,24H,7,15,17H2,1H3,(H,27,29). The number of alkyl carbamates (subject to hydrolysis) is 1. The van der Waals surface area contributed by atoms with E-state index in [0.29, 0.717) is 18.5 Å². The maximum absolute atomic E-state index is 12.2. The lowest BCUT2D eigenvalue weighted by molar-refractivity contribution is -0.385. The van der Waals surface area contributed by atoms with Gasteiger partial charge in [-0.1, -0.05) is 66.7 Å². The van der Waals surface area contributed by atoms with E-state index in [-0.39, 0.29) is 23.1 Å². The summed E-state index contributed by atoms with van der Waals surface area (Å²) < 4.78 is 5.50. The molecule has 32 heavy (non-hydrogen) atoms. The Balaban J connectivity index is 1.29. The molecule has 0 atom stereocenters. The molecule has 0 saturated heterocycles. The van der Waals surface area contributed by atoms with Crippen molar-refractivity contribution in [2.24, 2.45) is 0 Å². The molecular formula is C26H24N2O4. The summed E-state index contributed by atoms with van der Waals surface area (Å²) in [6.45, 7) is 2.47. The van der Waals surface area contributed by atoms with Gasteiger partial charge in [0.15, 0.2) is 0 Å². The van der Waals surface area contributed by atoms with Gasteiger partial charge in [0.1, 0.15) is 6.61 Å². The highest BCUT2D eigenvalue weighted by Crippen LogP contribution is 2.44. The van der Waals surface area contributed by atoms with Crippen LogP contribution in [0.5, 0.6) is 0 Å². The zero-order chi connectivity index (χ0) is 22.5. The largest absolute Gasteiger partial charge is 0.449 e. The molecule has 6 nitrogen and oxygen atoms in total. The van der Waals surface area contributed by atoms with Crippen molar-refractivity contribution in [3.63, 3.8) is 0 Å². The minimum Gasteiger partial charge on any atom is -0.449 e. The van der Waals surface area contributed by atoms with E-state index >= 15 is 0 Å². The summed E-state index contributed by atoms with van der Waals surface area (Å²) in [5, 5.41) is 13.9. The third-order valence-electron chi connectivity index (χ3n) is 5.60. The summed E-state index contributed by atoms with van der Waals surface area (Å²) in [4.78, 5) is 23.0. The van der Waals surface area contributed by atoms with Crippen molar-refractivity contribution in [1.82, 2.24) is 5.32 Å². The van der Waals surface area contributed by atoms with E-state index in [1.807, 2.05) is 37.3 Å². The number of aryl methyl sites for hydroxylation is 1. The Bertz CT molecular complexity index is 1140. The van der Waals surface area contributed by atoms with Crippen LogP contribution < -0.4 is 5.32 Å². The molecule has 0 unspecified atom stereocenters. The fourth-order valence-corrected chi connectivity index (χ4v) is 4.07. The molecular weight excluding hydrogens is 404 g/mol. The van der Waals surface area contributed by atoms with E-state index in [1.165, 1.54) is 22.3 Å². The summed E-state index contributed by atoms with van der Waals surface area (Å²) in [5.74, 6) is 0.0233. The fraction of sp³-hybridized carbons (Fsp3) is 0.192. The Morgan fingerprint density at radius 3 is 2.38 bits per heavy atom. The van der Waals surface area contributed by atoms with E-state index in [9.17, 15) is 14.9 Å². The number of carbonyl (C=O) groups excluding carboxylic acids is 1. The lowest BCUT2D eigenvalue weighted by Crippen LogP contribution is -2.26. The van der Waals surface area contributed by atoms with E-state index < -0.39 is 6.09 Å². The van der Waals surface area contributed by atoms with Gasteiger partial charge < -0.3 is 10.1 Å². The van der Waals surface area contributed by atoms with Gasteiger partial charge in [0, 0.05) is 18.5 Å². The van der Waals surface area contributed by atoms with E-state index in [4.69, 9.17) is 4.74 Å². The second kappa shape index (κ2) is 9.47. The molecule has 1 N–H and O–H groups in total. The lowest BCUT2D eigenvalue weighted by Gasteiger charge is -2.14. The molecule has 1 aliphatic rings. The Morgan fingerprint density at radius 1 is 1.06 bits per heavy atom. The van der Waals surface area contributed by atoms with Crippen molar-refractivity contribution in [3.8, 4) is 11.1 Å². The zero-order valence-electron chi connectivity index (χ0n) is 17.8. The number of amides is 1. The van der Waals surface area contributed by atoms with Crippen LogP contribution in [0.25, 0.3) is 17.2 Å². The molecule has 4 rings (SSSR count). The van der Waals surface area contributed by atoms with Crippen molar-refractivity contribution >= 4 is 17.9 Å². The van der Waals surface area contributed by atoms with Crippen LogP contribution in [-0.4, -0.2) is 24.2 Å². The van der Waals surface area contributed by atoms with Crippen LogP contribution in [0.2, 0.25) is 0 Å². The first-order valence-electron chi connectivity index (χ1n) is 10.5. The van der Waals surface area contributed by atoms with Crippen LogP contribution in [0.15, 0.2) is 72.8 Å². The molecule has 0 bridgehead atoms. The first-order valence-corrected chi connectivity index (χ1v) is 10.5. The van der Waals surface area contributed by atoms with Gasteiger partial charge in [0.05, 0.1) is 10.5 Å². The predicted molar refractivity (Wildman–Crippen MR) is 125 cm³/mol. The fourth-order valence-electron chi connectivity index (χ4n) is 4.07. The molecule has 0 radical (unpaired) electrons. The van der Waals surface area contributed by atoms with Gasteiger partial charge in [-0.3, -0.25) is 10.1 Å². The van der Waals surface area contributed by atoms with E-state index in [2.05, 4.69) is 29.6 Å². The number of hydrogen-bond acceptors (Lipinski definition) is 4. The van der Waals surface area contributed by atoms with Gasteiger partial charge in [-0.2, -0.15) is 0 Å². The molecule has 0 aliphatic heterocycles. The number of hydrogen-bond donors (Lipinski definition) is 1. The van der Waals surface area contributed by atoms with Gasteiger partial charge >= 0.3 is 6.09 Å². The third-order valence-corrected chi connectivity index (χ3v) is 5.60. The van der Waals surface area contributed by atoms with Crippen LogP contribution in [-0.2, 0) is 4.74 Å². The molecule has 0 fully saturated rings. The summed E-state index contributed by atoms with van der Waals surface area (Å²) in [5.41, 5.74) is 6.17. The number of fused-ring (bicyclic) bond motifs is 3. The molecule has 162 valence electrons. The lowest BCUT2D eigenvalue weighted by atomic mass is 9.98. The third kappa shape index (κ3) is 4.54. The number of rotatable bonds is 7. The van der Waals surface area contributed by atoms with Crippen molar-refractivity contribution < 1.29 is 14.5 Å². The highest BCUT2D eigenvalue weighted by molar-refractivity contribution is 5.79. The van der Waals surface area contributed by atoms with E-state index in [0.717, 1.165) is 5.56 Å². The number of nitrogens with zero attached hydrogens (tertiary/aromatic N) is 1. The zero-order valence-corrected chi connectivity index (χ0v) is 17.8. The number of benzene rings is 3. The first-order chi connectivity index (χ1) is 15.5. The molecule has 3 aromatic carbocycles. The van der Waals surface area contributed by atoms with Gasteiger partial charge in [0.25, 0.3) is 5.69 Å². The predicted octanol–water partition coefficient (Wildman–Crippen LogP) is 5.85. The van der Waals surface area contributed by atoms with E-state index in [1.54, 1.807) is 24.3 Å². The maximum Gasteiger partial charge on any atom is 0.407 e. The average Bonchev–Trinajstić information content (AvgIpc) is 3.12. The normalized spacial score (nSPS) is 12.4. The summed E-state index contributed by atoms with van der Waals surface area (Å²) in [6, 6.07) is 21.5. The van der Waals surface area contributed by atoms with Crippen molar-refractivity contribution in [3.05, 3.63) is 105 Å². The highest BCUT2D eigenvalue weighted by Gasteiger charge is 2.28. The van der Waals surface area contributed by atoms with Crippen LogP contribution in [0.4, 0.5) is 10.5 Å². The van der Waals surface area contributed by atoms with Crippen molar-refractivity contribution in [1.29, 1.82) is 0 Å². The minimum absolute atomic E-state index is 0.0233. The molecule has 1 amide bonds. The highest BCUT2D eigenvalue weighted by atomic mass is 16.6. The molecule has 0 aromatic heterocycles. The monoisotopic (exact) mass is 428 g/mol. The summed E-state index contributed by atoms with van der Waals surface area (Å²) >= 11 is 0.